The van der Waals surface area contributed by atoms with Crippen LogP contribution in [0.2, 0.25) is 0 Å². The first-order chi connectivity index (χ1) is 11.6. The zero-order valence-electron chi connectivity index (χ0n) is 14.0. The first-order valence-corrected chi connectivity index (χ1v) is 8.07. The minimum Gasteiger partial charge on any atom is -0.493 e. The van der Waals surface area contributed by atoms with Gasteiger partial charge in [0.1, 0.15) is 4.88 Å². The zero-order chi connectivity index (χ0) is 17.5. The molecule has 0 saturated heterocycles. The second-order valence-corrected chi connectivity index (χ2v) is 5.61. The molecule has 0 fully saturated rings. The molecule has 2 aromatic rings. The largest absolute Gasteiger partial charge is 0.493 e. The molecule has 0 spiro atoms. The number of benzene rings is 1. The van der Waals surface area contributed by atoms with Crippen molar-refractivity contribution in [3.05, 3.63) is 34.3 Å². The highest BCUT2D eigenvalue weighted by Gasteiger charge is 2.16. The number of thiazole rings is 1. The van der Waals surface area contributed by atoms with Crippen LogP contribution in [0.1, 0.15) is 27.9 Å². The Labute approximate surface area is 144 Å². The van der Waals surface area contributed by atoms with Crippen molar-refractivity contribution in [1.29, 1.82) is 0 Å². The molecular formula is C16H19N3O4S. The molecule has 2 rings (SSSR count). The maximum absolute atomic E-state index is 11.8. The average molecular weight is 349 g/mol. The van der Waals surface area contributed by atoms with E-state index in [9.17, 15) is 4.79 Å². The Kier molecular flexibility index (Phi) is 6.14. The molecule has 128 valence electrons. The number of methoxy groups -OCH3 is 2. The summed E-state index contributed by atoms with van der Waals surface area (Å²) >= 11 is 1.19. The Morgan fingerprint density at radius 3 is 2.83 bits per heavy atom. The van der Waals surface area contributed by atoms with Crippen LogP contribution in [0.3, 0.4) is 0 Å². The monoisotopic (exact) mass is 349 g/mol. The highest BCUT2D eigenvalue weighted by molar-refractivity contribution is 7.17. The van der Waals surface area contributed by atoms with E-state index >= 15 is 0 Å². The van der Waals surface area contributed by atoms with Crippen LogP contribution in [0.4, 0.5) is 5.13 Å². The number of rotatable bonds is 7. The number of carbonyl (C=O) groups is 1. The standard InChI is InChI=1S/C16H19N3O4S/c1-5-23-15(20)14-10(2)18-16(24-14)19-17-9-11-7-6-8-12(21-3)13(11)22-4/h6-9H,5H2,1-4H3,(H,18,19)/b17-9-. The van der Waals surface area contributed by atoms with Gasteiger partial charge in [0.05, 0.1) is 32.7 Å². The Morgan fingerprint density at radius 1 is 1.38 bits per heavy atom. The summed E-state index contributed by atoms with van der Waals surface area (Å²) in [7, 11) is 3.14. The number of nitrogens with zero attached hydrogens (tertiary/aromatic N) is 2. The van der Waals surface area contributed by atoms with Gasteiger partial charge in [0.25, 0.3) is 0 Å². The summed E-state index contributed by atoms with van der Waals surface area (Å²) in [5.74, 6) is 0.836. The lowest BCUT2D eigenvalue weighted by atomic mass is 10.2. The van der Waals surface area contributed by atoms with Gasteiger partial charge in [0.2, 0.25) is 5.13 Å². The molecule has 1 heterocycles. The van der Waals surface area contributed by atoms with Crippen LogP contribution in [-0.4, -0.2) is 38.0 Å². The van der Waals surface area contributed by atoms with Crippen LogP contribution in [0.15, 0.2) is 23.3 Å². The molecule has 0 aliphatic heterocycles. The van der Waals surface area contributed by atoms with E-state index in [0.29, 0.717) is 33.8 Å². The number of esters is 1. The molecule has 0 bridgehead atoms. The predicted molar refractivity (Wildman–Crippen MR) is 93.6 cm³/mol. The van der Waals surface area contributed by atoms with Gasteiger partial charge < -0.3 is 14.2 Å². The molecule has 1 aromatic carbocycles. The number of hydrogen-bond acceptors (Lipinski definition) is 8. The van der Waals surface area contributed by atoms with Gasteiger partial charge in [0.15, 0.2) is 11.5 Å². The molecule has 0 saturated carbocycles. The van der Waals surface area contributed by atoms with Gasteiger partial charge in [0, 0.05) is 5.56 Å². The quantitative estimate of drug-likeness (QED) is 0.470. The van der Waals surface area contributed by atoms with Crippen LogP contribution >= 0.6 is 11.3 Å². The summed E-state index contributed by atoms with van der Waals surface area (Å²) in [6.45, 7) is 3.84. The average Bonchev–Trinajstić information content (AvgIpc) is 2.95. The van der Waals surface area contributed by atoms with Gasteiger partial charge in [-0.05, 0) is 26.0 Å². The Morgan fingerprint density at radius 2 is 2.17 bits per heavy atom. The van der Waals surface area contributed by atoms with E-state index in [-0.39, 0.29) is 5.97 Å². The number of nitrogens with one attached hydrogen (secondary N) is 1. The van der Waals surface area contributed by atoms with Gasteiger partial charge in [-0.3, -0.25) is 5.43 Å². The smallest absolute Gasteiger partial charge is 0.350 e. The molecule has 24 heavy (non-hydrogen) atoms. The van der Waals surface area contributed by atoms with Crippen LogP contribution < -0.4 is 14.9 Å². The van der Waals surface area contributed by atoms with Gasteiger partial charge >= 0.3 is 5.97 Å². The van der Waals surface area contributed by atoms with Gasteiger partial charge in [-0.15, -0.1) is 0 Å². The van der Waals surface area contributed by atoms with Crippen LogP contribution in [0.5, 0.6) is 11.5 Å². The fourth-order valence-electron chi connectivity index (χ4n) is 2.00. The topological polar surface area (TPSA) is 82.0 Å². The van der Waals surface area contributed by atoms with Crippen molar-refractivity contribution in [2.24, 2.45) is 5.10 Å². The second-order valence-electron chi connectivity index (χ2n) is 4.61. The van der Waals surface area contributed by atoms with E-state index in [0.717, 1.165) is 5.56 Å². The molecule has 7 nitrogen and oxygen atoms in total. The number of ether oxygens (including phenoxy) is 3. The minimum absolute atomic E-state index is 0.326. The lowest BCUT2D eigenvalue weighted by molar-refractivity contribution is 0.0531. The first-order valence-electron chi connectivity index (χ1n) is 7.25. The summed E-state index contributed by atoms with van der Waals surface area (Å²) in [6, 6.07) is 5.50. The van der Waals surface area contributed by atoms with Crippen molar-refractivity contribution in [3.63, 3.8) is 0 Å². The molecule has 0 aliphatic carbocycles. The molecular weight excluding hydrogens is 330 g/mol. The normalized spacial score (nSPS) is 10.7. The third-order valence-electron chi connectivity index (χ3n) is 3.05. The van der Waals surface area contributed by atoms with Gasteiger partial charge in [-0.1, -0.05) is 17.4 Å². The Hall–Kier alpha value is -2.61. The van der Waals surface area contributed by atoms with Gasteiger partial charge in [-0.25, -0.2) is 9.78 Å². The SMILES string of the molecule is CCOC(=O)c1sc(N/N=C\c2cccc(OC)c2OC)nc1C. The lowest BCUT2D eigenvalue weighted by Gasteiger charge is -2.09. The van der Waals surface area contributed by atoms with Crippen molar-refractivity contribution in [1.82, 2.24) is 4.98 Å². The van der Waals surface area contributed by atoms with E-state index in [1.165, 1.54) is 11.3 Å². The molecule has 0 unspecified atom stereocenters. The third-order valence-corrected chi connectivity index (χ3v) is 4.10. The second kappa shape index (κ2) is 8.30. The van der Waals surface area contributed by atoms with Gasteiger partial charge in [-0.2, -0.15) is 5.10 Å². The fourth-order valence-corrected chi connectivity index (χ4v) is 2.81. The third kappa shape index (κ3) is 4.02. The summed E-state index contributed by atoms with van der Waals surface area (Å²) in [4.78, 5) is 16.5. The molecule has 0 aliphatic rings. The van der Waals surface area contributed by atoms with Crippen molar-refractivity contribution in [2.45, 2.75) is 13.8 Å². The number of para-hydroxylation sites is 1. The van der Waals surface area contributed by atoms with Crippen molar-refractivity contribution >= 4 is 28.7 Å². The van der Waals surface area contributed by atoms with E-state index in [2.05, 4.69) is 15.5 Å². The van der Waals surface area contributed by atoms with Crippen LogP contribution in [0.25, 0.3) is 0 Å². The molecule has 0 atom stereocenters. The fraction of sp³-hybridized carbons (Fsp3) is 0.312. The van der Waals surface area contributed by atoms with Crippen molar-refractivity contribution in [3.8, 4) is 11.5 Å². The lowest BCUT2D eigenvalue weighted by Crippen LogP contribution is -2.03. The maximum atomic E-state index is 11.8. The molecule has 8 heteroatoms. The Balaban J connectivity index is 2.13. The number of aromatic nitrogens is 1. The summed E-state index contributed by atoms with van der Waals surface area (Å²) in [5, 5.41) is 4.65. The molecule has 0 radical (unpaired) electrons. The predicted octanol–water partition coefficient (Wildman–Crippen LogP) is 3.09. The van der Waals surface area contributed by atoms with Crippen molar-refractivity contribution in [2.75, 3.05) is 26.3 Å². The number of carbonyl (C=O) groups excluding carboxylic acids is 1. The number of aryl methyl sites for hydroxylation is 1. The maximum Gasteiger partial charge on any atom is 0.350 e. The minimum atomic E-state index is -0.376. The number of hydrogen-bond donors (Lipinski definition) is 1. The van der Waals surface area contributed by atoms with Crippen molar-refractivity contribution < 1.29 is 19.0 Å². The van der Waals surface area contributed by atoms with E-state index in [1.807, 2.05) is 12.1 Å². The molecule has 1 aromatic heterocycles. The molecule has 0 amide bonds. The number of anilines is 1. The Bertz CT molecular complexity index is 743. The molecule has 1 N–H and O–H groups in total. The van der Waals surface area contributed by atoms with E-state index in [1.54, 1.807) is 40.3 Å². The van der Waals surface area contributed by atoms with Crippen LogP contribution in [-0.2, 0) is 4.74 Å². The van der Waals surface area contributed by atoms with E-state index < -0.39 is 0 Å². The number of hydrazone groups is 1. The van der Waals surface area contributed by atoms with Crippen LogP contribution in [0, 0.1) is 6.92 Å². The highest BCUT2D eigenvalue weighted by Crippen LogP contribution is 2.29. The zero-order valence-corrected chi connectivity index (χ0v) is 14.8. The first kappa shape index (κ1) is 17.7. The van der Waals surface area contributed by atoms with E-state index in [4.69, 9.17) is 14.2 Å². The summed E-state index contributed by atoms with van der Waals surface area (Å²) in [5.41, 5.74) is 4.17. The summed E-state index contributed by atoms with van der Waals surface area (Å²) in [6.07, 6.45) is 1.60. The highest BCUT2D eigenvalue weighted by atomic mass is 32.1. The summed E-state index contributed by atoms with van der Waals surface area (Å²) < 4.78 is 15.6.